The van der Waals surface area contributed by atoms with Crippen LogP contribution in [0.25, 0.3) is 11.5 Å². The van der Waals surface area contributed by atoms with E-state index >= 15 is 0 Å². The lowest BCUT2D eigenvalue weighted by Gasteiger charge is -2.33. The van der Waals surface area contributed by atoms with Crippen molar-refractivity contribution < 1.29 is 18.8 Å². The molecule has 0 bridgehead atoms. The Morgan fingerprint density at radius 2 is 2.04 bits per heavy atom. The average Bonchev–Trinajstić information content (AvgIpc) is 3.31. The van der Waals surface area contributed by atoms with Gasteiger partial charge >= 0.3 is 0 Å². The summed E-state index contributed by atoms with van der Waals surface area (Å²) in [5, 5.41) is 17.3. The third-order valence-electron chi connectivity index (χ3n) is 4.58. The number of carbonyl (C=O) groups is 1. The Morgan fingerprint density at radius 1 is 1.20 bits per heavy atom. The molecule has 0 aliphatic heterocycles. The largest absolute Gasteiger partial charge is 0.461 e. The summed E-state index contributed by atoms with van der Waals surface area (Å²) in [4.78, 5) is 12.3. The number of nitrogens with zero attached hydrogens (tertiary/aromatic N) is 1. The number of aryl methyl sites for hydroxylation is 1. The maximum Gasteiger partial charge on any atom is 0.273 e. The minimum Gasteiger partial charge on any atom is -0.461 e. The minimum atomic E-state index is -0.947. The summed E-state index contributed by atoms with van der Waals surface area (Å²) >= 11 is 0. The molecular formula is C19H18N2O4. The number of aliphatic hydroxyl groups is 1. The third-order valence-corrected chi connectivity index (χ3v) is 4.58. The smallest absolute Gasteiger partial charge is 0.273 e. The lowest BCUT2D eigenvalue weighted by Crippen LogP contribution is -2.46. The Morgan fingerprint density at radius 3 is 2.84 bits per heavy atom. The van der Waals surface area contributed by atoms with E-state index in [1.807, 2.05) is 18.2 Å². The number of hydrogen-bond donors (Lipinski definition) is 2. The van der Waals surface area contributed by atoms with Crippen LogP contribution in [0.5, 0.6) is 0 Å². The van der Waals surface area contributed by atoms with E-state index in [1.165, 1.54) is 17.9 Å². The van der Waals surface area contributed by atoms with Crippen molar-refractivity contribution >= 4 is 5.91 Å². The summed E-state index contributed by atoms with van der Waals surface area (Å²) in [5.41, 5.74) is 1.61. The molecule has 6 nitrogen and oxygen atoms in total. The number of fused-ring (bicyclic) bond motifs is 1. The second-order valence-corrected chi connectivity index (χ2v) is 6.41. The summed E-state index contributed by atoms with van der Waals surface area (Å²) in [7, 11) is 0. The SMILES string of the molecule is O=C(NCC1(O)CCc2ccccc2C1)c1cc(-c2ccco2)on1. The number of aromatic nitrogens is 1. The highest BCUT2D eigenvalue weighted by atomic mass is 16.5. The molecule has 0 spiro atoms. The van der Waals surface area contributed by atoms with Crippen LogP contribution in [0.1, 0.15) is 28.0 Å². The first-order chi connectivity index (χ1) is 12.1. The molecule has 25 heavy (non-hydrogen) atoms. The monoisotopic (exact) mass is 338 g/mol. The highest BCUT2D eigenvalue weighted by molar-refractivity contribution is 5.93. The lowest BCUT2D eigenvalue weighted by molar-refractivity contribution is 0.0259. The van der Waals surface area contributed by atoms with Crippen LogP contribution in [0.3, 0.4) is 0 Å². The Bertz CT molecular complexity index is 884. The van der Waals surface area contributed by atoms with E-state index in [0.717, 1.165) is 12.0 Å². The van der Waals surface area contributed by atoms with E-state index < -0.39 is 5.60 Å². The van der Waals surface area contributed by atoms with Crippen molar-refractivity contribution in [2.75, 3.05) is 6.54 Å². The molecule has 1 atom stereocenters. The van der Waals surface area contributed by atoms with Crippen molar-refractivity contribution in [3.63, 3.8) is 0 Å². The summed E-state index contributed by atoms with van der Waals surface area (Å²) in [5.74, 6) is 0.517. The van der Waals surface area contributed by atoms with Crippen LogP contribution in [0.4, 0.5) is 0 Å². The van der Waals surface area contributed by atoms with E-state index in [1.54, 1.807) is 12.1 Å². The van der Waals surface area contributed by atoms with Gasteiger partial charge in [0.2, 0.25) is 5.76 Å². The van der Waals surface area contributed by atoms with Gasteiger partial charge in [0.25, 0.3) is 5.91 Å². The van der Waals surface area contributed by atoms with Crippen LogP contribution < -0.4 is 5.32 Å². The predicted octanol–water partition coefficient (Wildman–Crippen LogP) is 2.58. The first kappa shape index (κ1) is 15.7. The standard InChI is InChI=1S/C19H18N2O4/c22-18(15-10-17(25-21-15)16-6-3-9-24-16)20-12-19(23)8-7-13-4-1-2-5-14(13)11-19/h1-6,9-10,23H,7-8,11-12H2,(H,20,22). The molecule has 1 aromatic carbocycles. The quantitative estimate of drug-likeness (QED) is 0.763. The molecular weight excluding hydrogens is 320 g/mol. The van der Waals surface area contributed by atoms with Crippen LogP contribution in [-0.2, 0) is 12.8 Å². The second-order valence-electron chi connectivity index (χ2n) is 6.41. The van der Waals surface area contributed by atoms with Gasteiger partial charge in [0, 0.05) is 19.0 Å². The number of furan rings is 1. The summed E-state index contributed by atoms with van der Waals surface area (Å²) in [6.07, 6.45) is 3.46. The highest BCUT2D eigenvalue weighted by Gasteiger charge is 2.32. The van der Waals surface area contributed by atoms with E-state index in [-0.39, 0.29) is 18.1 Å². The van der Waals surface area contributed by atoms with Crippen molar-refractivity contribution in [2.24, 2.45) is 0 Å². The molecule has 0 saturated carbocycles. The fourth-order valence-corrected chi connectivity index (χ4v) is 3.19. The van der Waals surface area contributed by atoms with Gasteiger partial charge in [-0.15, -0.1) is 0 Å². The number of benzene rings is 1. The molecule has 4 rings (SSSR count). The van der Waals surface area contributed by atoms with Gasteiger partial charge in [-0.05, 0) is 36.1 Å². The summed E-state index contributed by atoms with van der Waals surface area (Å²) in [6, 6.07) is 13.1. The fraction of sp³-hybridized carbons (Fsp3) is 0.263. The van der Waals surface area contributed by atoms with Gasteiger partial charge in [-0.3, -0.25) is 4.79 Å². The van der Waals surface area contributed by atoms with Gasteiger partial charge in [0.05, 0.1) is 11.9 Å². The van der Waals surface area contributed by atoms with Crippen LogP contribution >= 0.6 is 0 Å². The van der Waals surface area contributed by atoms with E-state index in [0.29, 0.717) is 24.4 Å². The van der Waals surface area contributed by atoms with Gasteiger partial charge < -0.3 is 19.4 Å². The minimum absolute atomic E-state index is 0.159. The molecule has 1 aliphatic carbocycles. The van der Waals surface area contributed by atoms with Crippen molar-refractivity contribution in [2.45, 2.75) is 24.9 Å². The zero-order valence-electron chi connectivity index (χ0n) is 13.6. The first-order valence-electron chi connectivity index (χ1n) is 8.21. The van der Waals surface area contributed by atoms with E-state index in [9.17, 15) is 9.90 Å². The molecule has 0 saturated heterocycles. The Balaban J connectivity index is 1.41. The van der Waals surface area contributed by atoms with Crippen LogP contribution in [0.15, 0.2) is 57.7 Å². The number of hydrogen-bond acceptors (Lipinski definition) is 5. The van der Waals surface area contributed by atoms with Crippen molar-refractivity contribution in [1.82, 2.24) is 10.5 Å². The number of nitrogens with one attached hydrogen (secondary N) is 1. The fourth-order valence-electron chi connectivity index (χ4n) is 3.19. The molecule has 3 aromatic rings. The van der Waals surface area contributed by atoms with E-state index in [4.69, 9.17) is 8.94 Å². The lowest BCUT2D eigenvalue weighted by atomic mass is 9.80. The van der Waals surface area contributed by atoms with Crippen LogP contribution in [-0.4, -0.2) is 28.3 Å². The maximum absolute atomic E-state index is 12.3. The number of amides is 1. The van der Waals surface area contributed by atoms with Crippen molar-refractivity contribution in [3.8, 4) is 11.5 Å². The molecule has 2 heterocycles. The Labute approximate surface area is 144 Å². The summed E-state index contributed by atoms with van der Waals surface area (Å²) in [6.45, 7) is 0.170. The molecule has 6 heteroatoms. The molecule has 1 amide bonds. The Kier molecular flexibility index (Phi) is 3.89. The van der Waals surface area contributed by atoms with Gasteiger partial charge in [-0.2, -0.15) is 0 Å². The van der Waals surface area contributed by atoms with Crippen molar-refractivity contribution in [1.29, 1.82) is 0 Å². The normalized spacial score (nSPS) is 19.4. The zero-order valence-corrected chi connectivity index (χ0v) is 13.6. The van der Waals surface area contributed by atoms with Crippen LogP contribution in [0, 0.1) is 0 Å². The Hall–Kier alpha value is -2.86. The highest BCUT2D eigenvalue weighted by Crippen LogP contribution is 2.28. The average molecular weight is 338 g/mol. The second kappa shape index (κ2) is 6.22. The van der Waals surface area contributed by atoms with Crippen LogP contribution in [0.2, 0.25) is 0 Å². The van der Waals surface area contributed by atoms with E-state index in [2.05, 4.69) is 16.5 Å². The van der Waals surface area contributed by atoms with Crippen molar-refractivity contribution in [3.05, 3.63) is 65.5 Å². The van der Waals surface area contributed by atoms with Gasteiger partial charge in [-0.1, -0.05) is 29.4 Å². The third kappa shape index (κ3) is 3.21. The predicted molar refractivity (Wildman–Crippen MR) is 90.0 cm³/mol. The topological polar surface area (TPSA) is 88.5 Å². The molecule has 1 aliphatic rings. The van der Waals surface area contributed by atoms with Gasteiger partial charge in [0.1, 0.15) is 0 Å². The zero-order chi connectivity index (χ0) is 17.3. The molecule has 2 aromatic heterocycles. The molecule has 1 unspecified atom stereocenters. The van der Waals surface area contributed by atoms with Gasteiger partial charge in [0.15, 0.2) is 11.5 Å². The molecule has 128 valence electrons. The molecule has 0 radical (unpaired) electrons. The maximum atomic E-state index is 12.3. The molecule has 2 N–H and O–H groups in total. The first-order valence-corrected chi connectivity index (χ1v) is 8.21. The number of carbonyl (C=O) groups excluding carboxylic acids is 1. The van der Waals surface area contributed by atoms with Gasteiger partial charge in [-0.25, -0.2) is 0 Å². The molecule has 0 fully saturated rings. The summed E-state index contributed by atoms with van der Waals surface area (Å²) < 4.78 is 10.3. The number of rotatable bonds is 4.